The van der Waals surface area contributed by atoms with Crippen LogP contribution in [0.3, 0.4) is 0 Å². The van der Waals surface area contributed by atoms with Gasteiger partial charge in [0.1, 0.15) is 28.2 Å². The Morgan fingerprint density at radius 3 is 1.59 bits per heavy atom. The highest BCUT2D eigenvalue weighted by Crippen LogP contribution is 2.60. The van der Waals surface area contributed by atoms with Crippen molar-refractivity contribution in [2.45, 2.75) is 43.9 Å². The van der Waals surface area contributed by atoms with E-state index in [2.05, 4.69) is 121 Å². The summed E-state index contributed by atoms with van der Waals surface area (Å²) in [7, 11) is 0. The molecule has 5 nitrogen and oxygen atoms in total. The van der Waals surface area contributed by atoms with Crippen molar-refractivity contribution in [1.82, 2.24) is 15.0 Å². The van der Waals surface area contributed by atoms with Crippen LogP contribution in [0, 0.1) is 17.8 Å². The summed E-state index contributed by atoms with van der Waals surface area (Å²) < 4.78 is 13.4. The molecule has 6 aromatic carbocycles. The van der Waals surface area contributed by atoms with E-state index in [9.17, 15) is 0 Å². The van der Waals surface area contributed by atoms with Crippen LogP contribution in [-0.2, 0) is 5.41 Å². The number of rotatable bonds is 3. The van der Waals surface area contributed by atoms with E-state index >= 15 is 0 Å². The summed E-state index contributed by atoms with van der Waals surface area (Å²) in [5.41, 5.74) is 5.11. The summed E-state index contributed by atoms with van der Waals surface area (Å²) in [6.45, 7) is 0. The topological polar surface area (TPSA) is 65.0 Å². The van der Waals surface area contributed by atoms with Gasteiger partial charge in [0.05, 0.1) is 5.56 Å². The minimum absolute atomic E-state index is 0.0317. The lowest BCUT2D eigenvalue weighted by molar-refractivity contribution is -0.00938. The van der Waals surface area contributed by atoms with Crippen LogP contribution in [-0.4, -0.2) is 15.0 Å². The minimum atomic E-state index is -0.0317. The maximum atomic E-state index is 7.18. The van der Waals surface area contributed by atoms with Gasteiger partial charge in [-0.15, -0.1) is 0 Å². The first-order chi connectivity index (χ1) is 26.7. The highest BCUT2D eigenvalue weighted by Gasteiger charge is 2.53. The van der Waals surface area contributed by atoms with E-state index in [-0.39, 0.29) is 5.41 Å². The number of furan rings is 1. The normalized spacial score (nSPS) is 21.9. The molecule has 260 valence electrons. The molecule has 3 aromatic heterocycles. The molecule has 0 N–H and O–H groups in total. The Hall–Kier alpha value is -6.07. The molecule has 9 aromatic rings. The highest BCUT2D eigenvalue weighted by molar-refractivity contribution is 6.19. The molecular formula is C49H37N3O2. The monoisotopic (exact) mass is 699 g/mol. The first-order valence-electron chi connectivity index (χ1n) is 19.4. The molecule has 4 bridgehead atoms. The van der Waals surface area contributed by atoms with E-state index in [4.69, 9.17) is 23.8 Å². The number of benzene rings is 6. The molecule has 5 heteroatoms. The number of aromatic nitrogens is 3. The Morgan fingerprint density at radius 2 is 0.926 bits per heavy atom. The highest BCUT2D eigenvalue weighted by atomic mass is 16.3. The fraction of sp³-hybridized carbons (Fsp3) is 0.204. The molecule has 54 heavy (non-hydrogen) atoms. The number of hydrogen-bond acceptors (Lipinski definition) is 5. The predicted molar refractivity (Wildman–Crippen MR) is 218 cm³/mol. The van der Waals surface area contributed by atoms with E-state index in [0.717, 1.165) is 114 Å². The lowest BCUT2D eigenvalue weighted by Gasteiger charge is -2.56. The molecular weight excluding hydrogens is 663 g/mol. The van der Waals surface area contributed by atoms with E-state index in [1.165, 1.54) is 24.6 Å². The summed E-state index contributed by atoms with van der Waals surface area (Å²) in [6, 6.07) is 46.7. The van der Waals surface area contributed by atoms with Gasteiger partial charge < -0.3 is 8.83 Å². The summed E-state index contributed by atoms with van der Waals surface area (Å²) in [6.07, 6.45) is 7.56. The fourth-order valence-electron chi connectivity index (χ4n) is 10.9. The fourth-order valence-corrected chi connectivity index (χ4v) is 10.9. The summed E-state index contributed by atoms with van der Waals surface area (Å²) in [4.78, 5) is 16.4. The van der Waals surface area contributed by atoms with Gasteiger partial charge in [0.15, 0.2) is 11.6 Å². The SMILES string of the molecule is c1ccc2c(c1)oc1ccc(-c3nc(-c4cccc5c4oc4ccccc4c4ccccc4c4ccccc54)nc(C45CC6C[C@H](C4)C[C@H](C6)C5)n3)cc12. The van der Waals surface area contributed by atoms with Crippen LogP contribution in [0.2, 0.25) is 0 Å². The zero-order chi connectivity index (χ0) is 35.4. The average molecular weight is 700 g/mol. The summed E-state index contributed by atoms with van der Waals surface area (Å²) in [5.74, 6) is 4.58. The molecule has 4 fully saturated rings. The van der Waals surface area contributed by atoms with Gasteiger partial charge in [-0.25, -0.2) is 15.0 Å². The molecule has 4 aliphatic rings. The van der Waals surface area contributed by atoms with Gasteiger partial charge in [-0.1, -0.05) is 97.1 Å². The van der Waals surface area contributed by atoms with E-state index in [1.807, 2.05) is 12.1 Å². The van der Waals surface area contributed by atoms with Crippen LogP contribution in [0.15, 0.2) is 142 Å². The summed E-state index contributed by atoms with van der Waals surface area (Å²) in [5, 5.41) is 8.83. The Labute approximate surface area is 312 Å². The molecule has 0 saturated heterocycles. The van der Waals surface area contributed by atoms with Crippen LogP contribution in [0.4, 0.5) is 0 Å². The number of para-hydroxylation sites is 3. The second kappa shape index (κ2) is 11.5. The van der Waals surface area contributed by atoms with Crippen molar-refractivity contribution in [1.29, 1.82) is 0 Å². The third kappa shape index (κ3) is 4.60. The maximum Gasteiger partial charge on any atom is 0.167 e. The second-order valence-corrected chi connectivity index (χ2v) is 16.2. The van der Waals surface area contributed by atoms with Gasteiger partial charge in [0.2, 0.25) is 0 Å². The predicted octanol–water partition coefficient (Wildman–Crippen LogP) is 12.9. The van der Waals surface area contributed by atoms with Crippen LogP contribution < -0.4 is 0 Å². The van der Waals surface area contributed by atoms with Crippen molar-refractivity contribution in [2.75, 3.05) is 0 Å². The third-order valence-electron chi connectivity index (χ3n) is 12.9. The molecule has 0 aliphatic heterocycles. The Bertz CT molecular complexity index is 3030. The Balaban J connectivity index is 1.18. The van der Waals surface area contributed by atoms with Crippen molar-refractivity contribution in [3.05, 3.63) is 139 Å². The number of hydrogen-bond donors (Lipinski definition) is 0. The van der Waals surface area contributed by atoms with Crippen LogP contribution in [0.5, 0.6) is 0 Å². The summed E-state index contributed by atoms with van der Waals surface area (Å²) >= 11 is 0. The van der Waals surface area contributed by atoms with Crippen LogP contribution in [0.25, 0.3) is 88.2 Å². The van der Waals surface area contributed by atoms with Crippen LogP contribution in [0.1, 0.15) is 44.3 Å². The standard InChI is InChI=1S/C49H37N3O2/c1-3-12-35-33(10-1)34-11-2-4-13-36(34)39-16-9-17-40(45(39)54-43-19-8-5-14-37(35)43)47-50-46(32-20-21-44-41(25-32)38-15-6-7-18-42(38)53-44)51-48(52-47)49-26-29-22-30(27-49)24-31(23-29)28-49/h1-21,25,29-31H,22-24,26-28H2/t29-,30-,31?,49?/m1/s1. The lowest BCUT2D eigenvalue weighted by Crippen LogP contribution is -2.49. The van der Waals surface area contributed by atoms with Crippen molar-refractivity contribution in [3.63, 3.8) is 0 Å². The average Bonchev–Trinajstić information content (AvgIpc) is 3.60. The lowest BCUT2D eigenvalue weighted by atomic mass is 9.49. The van der Waals surface area contributed by atoms with Gasteiger partial charge in [0, 0.05) is 32.5 Å². The molecule has 4 saturated carbocycles. The first kappa shape index (κ1) is 30.4. The smallest absolute Gasteiger partial charge is 0.167 e. The quantitative estimate of drug-likeness (QED) is 0.184. The molecule has 0 spiro atoms. The molecule has 4 aliphatic carbocycles. The second-order valence-electron chi connectivity index (χ2n) is 16.2. The van der Waals surface area contributed by atoms with Gasteiger partial charge in [0.25, 0.3) is 0 Å². The molecule has 0 amide bonds. The van der Waals surface area contributed by atoms with Crippen LogP contribution >= 0.6 is 0 Å². The van der Waals surface area contributed by atoms with E-state index < -0.39 is 0 Å². The van der Waals surface area contributed by atoms with Crippen molar-refractivity contribution in [2.24, 2.45) is 17.8 Å². The van der Waals surface area contributed by atoms with Gasteiger partial charge in [-0.3, -0.25) is 0 Å². The molecule has 0 atom stereocenters. The van der Waals surface area contributed by atoms with Crippen molar-refractivity contribution in [3.8, 4) is 22.8 Å². The van der Waals surface area contributed by atoms with Crippen molar-refractivity contribution < 1.29 is 8.83 Å². The molecule has 13 rings (SSSR count). The zero-order valence-corrected chi connectivity index (χ0v) is 29.8. The largest absolute Gasteiger partial charge is 0.456 e. The Morgan fingerprint density at radius 1 is 0.426 bits per heavy atom. The van der Waals surface area contributed by atoms with Gasteiger partial charge in [-0.05, 0) is 114 Å². The molecule has 3 heterocycles. The van der Waals surface area contributed by atoms with Gasteiger partial charge in [-0.2, -0.15) is 0 Å². The minimum Gasteiger partial charge on any atom is -0.456 e. The van der Waals surface area contributed by atoms with E-state index in [0.29, 0.717) is 11.6 Å². The van der Waals surface area contributed by atoms with Gasteiger partial charge >= 0.3 is 0 Å². The molecule has 0 unspecified atom stereocenters. The third-order valence-corrected chi connectivity index (χ3v) is 12.9. The molecule has 0 radical (unpaired) electrons. The van der Waals surface area contributed by atoms with Crippen molar-refractivity contribution >= 4 is 65.4 Å². The Kier molecular flexibility index (Phi) is 6.45. The first-order valence-corrected chi connectivity index (χ1v) is 19.4. The number of nitrogens with zero attached hydrogens (tertiary/aromatic N) is 3. The maximum absolute atomic E-state index is 7.18. The van der Waals surface area contributed by atoms with E-state index in [1.54, 1.807) is 0 Å². The number of fused-ring (bicyclic) bond motifs is 10. The zero-order valence-electron chi connectivity index (χ0n) is 29.8.